The fraction of sp³-hybridized carbons (Fsp3) is 0.0286. The minimum Gasteiger partial charge on any atom is -0.345 e. The summed E-state index contributed by atoms with van der Waals surface area (Å²) in [6.07, 6.45) is 0. The SMILES string of the molecule is CN(c1ccc(-c2ccccc2)cc1)c1ccc2c(c1)c1ccccc1n2-c1ccc2ccccc2c1. The quantitative estimate of drug-likeness (QED) is 0.247. The highest BCUT2D eigenvalue weighted by Crippen LogP contribution is 2.36. The van der Waals surface area contributed by atoms with E-state index < -0.39 is 0 Å². The minimum atomic E-state index is 1.16. The Kier molecular flexibility index (Phi) is 5.04. The van der Waals surface area contributed by atoms with Crippen molar-refractivity contribution in [1.82, 2.24) is 4.57 Å². The Morgan fingerprint density at radius 2 is 1.11 bits per heavy atom. The highest BCUT2D eigenvalue weighted by Gasteiger charge is 2.14. The Hall–Kier alpha value is -4.82. The molecule has 2 nitrogen and oxygen atoms in total. The zero-order valence-corrected chi connectivity index (χ0v) is 20.7. The molecule has 37 heavy (non-hydrogen) atoms. The second-order valence-corrected chi connectivity index (χ2v) is 9.56. The molecule has 0 atom stereocenters. The van der Waals surface area contributed by atoms with Gasteiger partial charge in [-0.15, -0.1) is 0 Å². The molecule has 1 heterocycles. The Bertz CT molecular complexity index is 1880. The normalized spacial score (nSPS) is 11.4. The highest BCUT2D eigenvalue weighted by molar-refractivity contribution is 6.10. The van der Waals surface area contributed by atoms with E-state index in [0.29, 0.717) is 0 Å². The van der Waals surface area contributed by atoms with E-state index in [2.05, 4.69) is 156 Å². The molecule has 176 valence electrons. The number of benzene rings is 6. The fourth-order valence-electron chi connectivity index (χ4n) is 5.42. The standard InChI is InChI=1S/C35H26N2/c1-36(29-18-15-27(16-19-29)25-9-3-2-4-10-25)30-21-22-35-33(24-30)32-13-7-8-14-34(32)37(35)31-20-17-26-11-5-6-12-28(26)23-31/h2-24H,1H3. The van der Waals surface area contributed by atoms with Crippen LogP contribution in [-0.4, -0.2) is 11.6 Å². The average molecular weight is 475 g/mol. The first-order valence-electron chi connectivity index (χ1n) is 12.7. The number of anilines is 2. The first kappa shape index (κ1) is 21.5. The van der Waals surface area contributed by atoms with Crippen LogP contribution in [0.4, 0.5) is 11.4 Å². The van der Waals surface area contributed by atoms with Gasteiger partial charge in [-0.25, -0.2) is 0 Å². The summed E-state index contributed by atoms with van der Waals surface area (Å²) in [5.74, 6) is 0. The number of para-hydroxylation sites is 1. The van der Waals surface area contributed by atoms with Gasteiger partial charge >= 0.3 is 0 Å². The molecular formula is C35H26N2. The maximum Gasteiger partial charge on any atom is 0.0542 e. The zero-order valence-electron chi connectivity index (χ0n) is 20.7. The van der Waals surface area contributed by atoms with Crippen molar-refractivity contribution >= 4 is 44.0 Å². The van der Waals surface area contributed by atoms with Crippen LogP contribution in [0.3, 0.4) is 0 Å². The lowest BCUT2D eigenvalue weighted by molar-refractivity contribution is 1.18. The van der Waals surface area contributed by atoms with Gasteiger partial charge in [0.05, 0.1) is 11.0 Å². The number of hydrogen-bond donors (Lipinski definition) is 0. The lowest BCUT2D eigenvalue weighted by Crippen LogP contribution is -2.09. The van der Waals surface area contributed by atoms with Crippen LogP contribution < -0.4 is 4.90 Å². The third-order valence-corrected chi connectivity index (χ3v) is 7.40. The molecule has 0 N–H and O–H groups in total. The highest BCUT2D eigenvalue weighted by atomic mass is 15.1. The van der Waals surface area contributed by atoms with E-state index in [1.54, 1.807) is 0 Å². The third kappa shape index (κ3) is 3.66. The molecule has 2 heteroatoms. The van der Waals surface area contributed by atoms with Crippen LogP contribution in [0.15, 0.2) is 140 Å². The van der Waals surface area contributed by atoms with Crippen molar-refractivity contribution in [2.45, 2.75) is 0 Å². The van der Waals surface area contributed by atoms with E-state index in [-0.39, 0.29) is 0 Å². The van der Waals surface area contributed by atoms with Crippen molar-refractivity contribution in [3.8, 4) is 16.8 Å². The monoisotopic (exact) mass is 474 g/mol. The molecule has 6 aromatic carbocycles. The number of hydrogen-bond acceptors (Lipinski definition) is 1. The van der Waals surface area contributed by atoms with Gasteiger partial charge in [0.1, 0.15) is 0 Å². The fourth-order valence-corrected chi connectivity index (χ4v) is 5.42. The van der Waals surface area contributed by atoms with Crippen molar-refractivity contribution in [1.29, 1.82) is 0 Å². The Balaban J connectivity index is 1.33. The van der Waals surface area contributed by atoms with Crippen molar-refractivity contribution in [2.24, 2.45) is 0 Å². The second kappa shape index (κ2) is 8.69. The maximum absolute atomic E-state index is 2.38. The van der Waals surface area contributed by atoms with Gasteiger partial charge in [-0.2, -0.15) is 0 Å². The van der Waals surface area contributed by atoms with Gasteiger partial charge in [0, 0.05) is 34.9 Å². The lowest BCUT2D eigenvalue weighted by atomic mass is 10.1. The Morgan fingerprint density at radius 1 is 0.459 bits per heavy atom. The van der Waals surface area contributed by atoms with E-state index in [1.807, 2.05) is 0 Å². The van der Waals surface area contributed by atoms with Crippen LogP contribution in [0.5, 0.6) is 0 Å². The van der Waals surface area contributed by atoms with Crippen molar-refractivity contribution in [3.05, 3.63) is 140 Å². The molecule has 0 spiro atoms. The number of fused-ring (bicyclic) bond motifs is 4. The first-order chi connectivity index (χ1) is 18.3. The van der Waals surface area contributed by atoms with Gasteiger partial charge in [0.2, 0.25) is 0 Å². The Morgan fingerprint density at radius 3 is 1.95 bits per heavy atom. The smallest absolute Gasteiger partial charge is 0.0542 e. The summed E-state index contributed by atoms with van der Waals surface area (Å²) in [5.41, 5.74) is 8.42. The molecule has 7 rings (SSSR count). The molecule has 0 amide bonds. The van der Waals surface area contributed by atoms with Crippen molar-refractivity contribution in [2.75, 3.05) is 11.9 Å². The molecule has 0 saturated carbocycles. The molecule has 0 aliphatic heterocycles. The predicted octanol–water partition coefficient (Wildman–Crippen LogP) is 9.37. The van der Waals surface area contributed by atoms with Crippen LogP contribution in [0.25, 0.3) is 49.4 Å². The van der Waals surface area contributed by atoms with E-state index in [1.165, 1.54) is 55.1 Å². The summed E-state index contributed by atoms with van der Waals surface area (Å²) in [7, 11) is 2.14. The van der Waals surface area contributed by atoms with Gasteiger partial charge in [0.15, 0.2) is 0 Å². The average Bonchev–Trinajstić information content (AvgIpc) is 3.31. The second-order valence-electron chi connectivity index (χ2n) is 9.56. The lowest BCUT2D eigenvalue weighted by Gasteiger charge is -2.20. The Labute approximate surface area is 216 Å². The van der Waals surface area contributed by atoms with Gasteiger partial charge in [0.25, 0.3) is 0 Å². The summed E-state index contributed by atoms with van der Waals surface area (Å²) in [5, 5.41) is 5.03. The molecular weight excluding hydrogens is 448 g/mol. The third-order valence-electron chi connectivity index (χ3n) is 7.40. The minimum absolute atomic E-state index is 1.16. The molecule has 0 saturated heterocycles. The largest absolute Gasteiger partial charge is 0.345 e. The van der Waals surface area contributed by atoms with Crippen molar-refractivity contribution < 1.29 is 0 Å². The van der Waals surface area contributed by atoms with Crippen LogP contribution in [0.2, 0.25) is 0 Å². The van der Waals surface area contributed by atoms with Crippen LogP contribution in [-0.2, 0) is 0 Å². The number of aromatic nitrogens is 1. The van der Waals surface area contributed by atoms with Gasteiger partial charge in [-0.3, -0.25) is 0 Å². The van der Waals surface area contributed by atoms with E-state index in [4.69, 9.17) is 0 Å². The number of nitrogens with zero attached hydrogens (tertiary/aromatic N) is 2. The zero-order chi connectivity index (χ0) is 24.8. The topological polar surface area (TPSA) is 8.17 Å². The summed E-state index contributed by atoms with van der Waals surface area (Å²) in [6.45, 7) is 0. The summed E-state index contributed by atoms with van der Waals surface area (Å²) in [6, 6.07) is 50.1. The molecule has 0 aliphatic rings. The van der Waals surface area contributed by atoms with Crippen molar-refractivity contribution in [3.63, 3.8) is 0 Å². The number of rotatable bonds is 4. The molecule has 0 fully saturated rings. The summed E-state index contributed by atoms with van der Waals surface area (Å²) >= 11 is 0. The molecule has 0 radical (unpaired) electrons. The molecule has 0 bridgehead atoms. The maximum atomic E-state index is 2.38. The summed E-state index contributed by atoms with van der Waals surface area (Å²) < 4.78 is 2.38. The van der Waals surface area contributed by atoms with E-state index in [9.17, 15) is 0 Å². The first-order valence-corrected chi connectivity index (χ1v) is 12.7. The van der Waals surface area contributed by atoms with Gasteiger partial charge < -0.3 is 9.47 Å². The summed E-state index contributed by atoms with van der Waals surface area (Å²) in [4.78, 5) is 2.26. The van der Waals surface area contributed by atoms with Gasteiger partial charge in [-0.1, -0.05) is 91.0 Å². The molecule has 0 aliphatic carbocycles. The molecule has 1 aromatic heterocycles. The van der Waals surface area contributed by atoms with Crippen LogP contribution in [0, 0.1) is 0 Å². The molecule has 0 unspecified atom stereocenters. The van der Waals surface area contributed by atoms with E-state index in [0.717, 1.165) is 5.69 Å². The van der Waals surface area contributed by atoms with Crippen LogP contribution >= 0.6 is 0 Å². The predicted molar refractivity (Wildman–Crippen MR) is 158 cm³/mol. The van der Waals surface area contributed by atoms with E-state index >= 15 is 0 Å². The molecule has 7 aromatic rings. The van der Waals surface area contributed by atoms with Crippen LogP contribution in [0.1, 0.15) is 0 Å². The van der Waals surface area contributed by atoms with Gasteiger partial charge in [-0.05, 0) is 70.4 Å².